The van der Waals surface area contributed by atoms with Crippen molar-refractivity contribution < 1.29 is 14.3 Å². The van der Waals surface area contributed by atoms with Gasteiger partial charge in [0.1, 0.15) is 0 Å². The summed E-state index contributed by atoms with van der Waals surface area (Å²) >= 11 is 0. The summed E-state index contributed by atoms with van der Waals surface area (Å²) in [4.78, 5) is 28.1. The molecular weight excluding hydrogens is 306 g/mol. The number of carbonyl (C=O) groups is 2. The van der Waals surface area contributed by atoms with Crippen LogP contribution in [0.25, 0.3) is 0 Å². The molecule has 6 heteroatoms. The van der Waals surface area contributed by atoms with E-state index in [4.69, 9.17) is 10.5 Å². The summed E-state index contributed by atoms with van der Waals surface area (Å²) in [5.74, 6) is -0.308. The van der Waals surface area contributed by atoms with Gasteiger partial charge in [0.25, 0.3) is 0 Å². The van der Waals surface area contributed by atoms with E-state index in [9.17, 15) is 9.59 Å². The Morgan fingerprint density at radius 1 is 1.12 bits per heavy atom. The van der Waals surface area contributed by atoms with Crippen LogP contribution in [0.4, 0.5) is 0 Å². The lowest BCUT2D eigenvalue weighted by atomic mass is 9.94. The van der Waals surface area contributed by atoms with Crippen LogP contribution in [0.3, 0.4) is 0 Å². The van der Waals surface area contributed by atoms with E-state index in [1.165, 1.54) is 5.56 Å². The molecule has 2 aliphatic heterocycles. The Balaban J connectivity index is 1.49. The third-order valence-electron chi connectivity index (χ3n) is 4.88. The summed E-state index contributed by atoms with van der Waals surface area (Å²) in [6.07, 6.45) is 1.06. The number of benzene rings is 1. The van der Waals surface area contributed by atoms with Crippen LogP contribution in [0.2, 0.25) is 0 Å². The van der Waals surface area contributed by atoms with Gasteiger partial charge in [0.15, 0.2) is 6.10 Å². The van der Waals surface area contributed by atoms with Gasteiger partial charge in [-0.1, -0.05) is 30.3 Å². The highest BCUT2D eigenvalue weighted by Crippen LogP contribution is 2.22. The number of carbonyl (C=O) groups excluding carboxylic acids is 2. The number of rotatable bonds is 4. The van der Waals surface area contributed by atoms with Gasteiger partial charge in [0, 0.05) is 19.0 Å². The number of piperidine rings is 1. The summed E-state index contributed by atoms with van der Waals surface area (Å²) in [5.41, 5.74) is 6.60. The average Bonchev–Trinajstić information content (AvgIpc) is 2.63. The van der Waals surface area contributed by atoms with Crippen LogP contribution in [-0.2, 0) is 20.9 Å². The Labute approximate surface area is 142 Å². The number of ether oxygens (including phenoxy) is 1. The normalized spacial score (nSPS) is 23.2. The lowest BCUT2D eigenvalue weighted by Gasteiger charge is -2.37. The van der Waals surface area contributed by atoms with Crippen molar-refractivity contribution in [2.75, 3.05) is 32.8 Å². The van der Waals surface area contributed by atoms with E-state index in [-0.39, 0.29) is 11.8 Å². The van der Waals surface area contributed by atoms with Crippen molar-refractivity contribution in [2.24, 2.45) is 11.7 Å². The van der Waals surface area contributed by atoms with Gasteiger partial charge in [0.05, 0.1) is 13.2 Å². The van der Waals surface area contributed by atoms with Crippen molar-refractivity contribution in [1.82, 2.24) is 9.80 Å². The highest BCUT2D eigenvalue weighted by atomic mass is 16.5. The Morgan fingerprint density at radius 2 is 1.83 bits per heavy atom. The SMILES string of the molecule is NC(=O)C1CN(C(=O)C2CCN(Cc3ccccc3)CC2)CCO1. The van der Waals surface area contributed by atoms with Crippen LogP contribution in [-0.4, -0.2) is 60.5 Å². The molecule has 1 aromatic rings. The fraction of sp³-hybridized carbons (Fsp3) is 0.556. The Kier molecular flexibility index (Phi) is 5.48. The maximum atomic E-state index is 12.7. The van der Waals surface area contributed by atoms with Crippen LogP contribution < -0.4 is 5.73 Å². The second-order valence-electron chi connectivity index (χ2n) is 6.58. The van der Waals surface area contributed by atoms with Crippen molar-refractivity contribution in [3.05, 3.63) is 35.9 Å². The second-order valence-corrected chi connectivity index (χ2v) is 6.58. The zero-order chi connectivity index (χ0) is 16.9. The fourth-order valence-corrected chi connectivity index (χ4v) is 3.46. The molecule has 0 spiro atoms. The largest absolute Gasteiger partial charge is 0.367 e. The summed E-state index contributed by atoms with van der Waals surface area (Å²) < 4.78 is 5.31. The molecule has 2 N–H and O–H groups in total. The van der Waals surface area contributed by atoms with E-state index in [0.29, 0.717) is 19.7 Å². The summed E-state index contributed by atoms with van der Waals surface area (Å²) in [5, 5.41) is 0. The molecule has 1 atom stereocenters. The highest BCUT2D eigenvalue weighted by molar-refractivity contribution is 5.82. The molecule has 6 nitrogen and oxygen atoms in total. The minimum absolute atomic E-state index is 0.0450. The molecular formula is C18H25N3O3. The Bertz CT molecular complexity index is 570. The van der Waals surface area contributed by atoms with Gasteiger partial charge in [-0.15, -0.1) is 0 Å². The molecule has 2 amide bonds. The predicted octanol–water partition coefficient (Wildman–Crippen LogP) is 0.611. The Hall–Kier alpha value is -1.92. The Morgan fingerprint density at radius 3 is 2.50 bits per heavy atom. The number of likely N-dealkylation sites (tertiary alicyclic amines) is 1. The van der Waals surface area contributed by atoms with Crippen molar-refractivity contribution >= 4 is 11.8 Å². The quantitative estimate of drug-likeness (QED) is 0.877. The fourth-order valence-electron chi connectivity index (χ4n) is 3.46. The minimum Gasteiger partial charge on any atom is -0.367 e. The lowest BCUT2D eigenvalue weighted by molar-refractivity contribution is -0.149. The van der Waals surface area contributed by atoms with Gasteiger partial charge in [-0.05, 0) is 31.5 Å². The van der Waals surface area contributed by atoms with Crippen LogP contribution in [0.15, 0.2) is 30.3 Å². The van der Waals surface area contributed by atoms with E-state index in [1.54, 1.807) is 4.90 Å². The molecule has 0 aliphatic carbocycles. The van der Waals surface area contributed by atoms with Gasteiger partial charge in [0.2, 0.25) is 11.8 Å². The monoisotopic (exact) mass is 331 g/mol. The molecule has 2 heterocycles. The smallest absolute Gasteiger partial charge is 0.248 e. The number of nitrogens with two attached hydrogens (primary N) is 1. The van der Waals surface area contributed by atoms with E-state index in [2.05, 4.69) is 29.2 Å². The molecule has 1 unspecified atom stereocenters. The standard InChI is InChI=1S/C18H25N3O3/c19-17(22)16-13-21(10-11-24-16)18(23)15-6-8-20(9-7-15)12-14-4-2-1-3-5-14/h1-5,15-16H,6-13H2,(H2,19,22). The molecule has 2 saturated heterocycles. The number of amides is 2. The van der Waals surface area contributed by atoms with Crippen molar-refractivity contribution in [1.29, 1.82) is 0 Å². The third-order valence-corrected chi connectivity index (χ3v) is 4.88. The van der Waals surface area contributed by atoms with Crippen molar-refractivity contribution in [3.63, 3.8) is 0 Å². The van der Waals surface area contributed by atoms with Crippen molar-refractivity contribution in [3.8, 4) is 0 Å². The first-order valence-electron chi connectivity index (χ1n) is 8.59. The van der Waals surface area contributed by atoms with Crippen LogP contribution >= 0.6 is 0 Å². The first kappa shape index (κ1) is 16.9. The number of hydrogen-bond donors (Lipinski definition) is 1. The summed E-state index contributed by atoms with van der Waals surface area (Å²) in [7, 11) is 0. The van der Waals surface area contributed by atoms with Crippen LogP contribution in [0.5, 0.6) is 0 Å². The molecule has 3 rings (SSSR count). The first-order valence-corrected chi connectivity index (χ1v) is 8.59. The average molecular weight is 331 g/mol. The molecule has 0 bridgehead atoms. The number of primary amides is 1. The molecule has 24 heavy (non-hydrogen) atoms. The van der Waals surface area contributed by atoms with Crippen LogP contribution in [0, 0.1) is 5.92 Å². The molecule has 1 aromatic carbocycles. The zero-order valence-electron chi connectivity index (χ0n) is 13.9. The first-order chi connectivity index (χ1) is 11.6. The topological polar surface area (TPSA) is 75.9 Å². The van der Waals surface area contributed by atoms with E-state index >= 15 is 0 Å². The number of morpholine rings is 1. The lowest BCUT2D eigenvalue weighted by Crippen LogP contribution is -2.52. The van der Waals surface area contributed by atoms with Gasteiger partial charge in [-0.2, -0.15) is 0 Å². The summed E-state index contributed by atoms with van der Waals surface area (Å²) in [6.45, 7) is 4.00. The van der Waals surface area contributed by atoms with Gasteiger partial charge < -0.3 is 15.4 Å². The van der Waals surface area contributed by atoms with Gasteiger partial charge in [-0.25, -0.2) is 0 Å². The highest BCUT2D eigenvalue weighted by Gasteiger charge is 2.33. The predicted molar refractivity (Wildman–Crippen MR) is 90.0 cm³/mol. The zero-order valence-corrected chi connectivity index (χ0v) is 13.9. The van der Waals surface area contributed by atoms with Gasteiger partial charge >= 0.3 is 0 Å². The van der Waals surface area contributed by atoms with Crippen LogP contribution in [0.1, 0.15) is 18.4 Å². The maximum Gasteiger partial charge on any atom is 0.248 e. The third kappa shape index (κ3) is 4.13. The van der Waals surface area contributed by atoms with Gasteiger partial charge in [-0.3, -0.25) is 14.5 Å². The van der Waals surface area contributed by atoms with E-state index in [1.807, 2.05) is 6.07 Å². The molecule has 0 saturated carbocycles. The minimum atomic E-state index is -0.666. The van der Waals surface area contributed by atoms with E-state index < -0.39 is 12.0 Å². The molecule has 130 valence electrons. The molecule has 0 radical (unpaired) electrons. The summed E-state index contributed by atoms with van der Waals surface area (Å²) in [6, 6.07) is 10.4. The number of nitrogens with zero attached hydrogens (tertiary/aromatic N) is 2. The molecule has 2 aliphatic rings. The second kappa shape index (κ2) is 7.77. The van der Waals surface area contributed by atoms with Crippen molar-refractivity contribution in [2.45, 2.75) is 25.5 Å². The van der Waals surface area contributed by atoms with E-state index in [0.717, 1.165) is 32.5 Å². The number of hydrogen-bond acceptors (Lipinski definition) is 4. The molecule has 0 aromatic heterocycles. The maximum absolute atomic E-state index is 12.7. The molecule has 2 fully saturated rings.